The van der Waals surface area contributed by atoms with Gasteiger partial charge in [0.2, 0.25) is 0 Å². The van der Waals surface area contributed by atoms with Crippen LogP contribution in [-0.4, -0.2) is 36.7 Å². The number of rotatable bonds is 8. The highest BCUT2D eigenvalue weighted by molar-refractivity contribution is 5.29. The molecule has 30 heavy (non-hydrogen) atoms. The van der Waals surface area contributed by atoms with E-state index in [1.54, 1.807) is 6.07 Å². The Morgan fingerprint density at radius 3 is 2.47 bits per heavy atom. The first-order valence-corrected chi connectivity index (χ1v) is 10.7. The van der Waals surface area contributed by atoms with Crippen molar-refractivity contribution in [1.82, 2.24) is 10.2 Å². The lowest BCUT2D eigenvalue weighted by Crippen LogP contribution is -2.39. The lowest BCUT2D eigenvalue weighted by Gasteiger charge is -2.33. The van der Waals surface area contributed by atoms with Crippen LogP contribution in [0.15, 0.2) is 42.5 Å². The number of nitrogens with one attached hydrogen (secondary N) is 1. The van der Waals surface area contributed by atoms with Crippen LogP contribution in [0.3, 0.4) is 0 Å². The van der Waals surface area contributed by atoms with Gasteiger partial charge in [-0.3, -0.25) is 4.90 Å². The molecule has 3 nitrogen and oxygen atoms in total. The SMILES string of the molecule is C#CCN(Cc1ccc(CN[C@@H]2C[C@H]2c2ccc(F)c(F)c2)cc1)C1CCOCC1. The molecule has 2 aromatic rings. The standard InChI is InChI=1S/C25H28F2N2O/c1-2-11-29(21-9-12-30-13-10-21)17-19-5-3-18(4-6-19)16-28-25-15-22(25)20-7-8-23(26)24(27)14-20/h1,3-8,14,21-22,25,28H,9-13,15-17H2/t22-,25+/m0/s1. The van der Waals surface area contributed by atoms with Crippen LogP contribution in [0.1, 0.15) is 41.9 Å². The Bertz CT molecular complexity index is 887. The summed E-state index contributed by atoms with van der Waals surface area (Å²) in [5.41, 5.74) is 3.33. The van der Waals surface area contributed by atoms with Crippen LogP contribution in [-0.2, 0) is 17.8 Å². The second-order valence-electron chi connectivity index (χ2n) is 8.27. The van der Waals surface area contributed by atoms with Gasteiger partial charge in [0.05, 0.1) is 6.54 Å². The Kier molecular flexibility index (Phi) is 6.79. The number of halogens is 2. The molecule has 1 heterocycles. The molecule has 2 atom stereocenters. The topological polar surface area (TPSA) is 24.5 Å². The van der Waals surface area contributed by atoms with E-state index >= 15 is 0 Å². The first kappa shape index (κ1) is 21.0. The fraction of sp³-hybridized carbons (Fsp3) is 0.440. The van der Waals surface area contributed by atoms with Crippen LogP contribution in [0.5, 0.6) is 0 Å². The summed E-state index contributed by atoms with van der Waals surface area (Å²) in [7, 11) is 0. The van der Waals surface area contributed by atoms with Crippen LogP contribution in [0, 0.1) is 24.0 Å². The van der Waals surface area contributed by atoms with Crippen molar-refractivity contribution in [2.45, 2.75) is 50.4 Å². The molecule has 1 aliphatic heterocycles. The molecule has 1 saturated heterocycles. The van der Waals surface area contributed by atoms with Crippen molar-refractivity contribution in [2.24, 2.45) is 0 Å². The molecule has 0 spiro atoms. The zero-order valence-electron chi connectivity index (χ0n) is 17.1. The molecule has 4 rings (SSSR count). The summed E-state index contributed by atoms with van der Waals surface area (Å²) in [5, 5.41) is 3.52. The molecule has 2 fully saturated rings. The Labute approximate surface area is 177 Å². The summed E-state index contributed by atoms with van der Waals surface area (Å²) in [5.74, 6) is 1.49. The quantitative estimate of drug-likeness (QED) is 0.660. The number of hydrogen-bond donors (Lipinski definition) is 1. The monoisotopic (exact) mass is 410 g/mol. The number of nitrogens with zero attached hydrogens (tertiary/aromatic N) is 1. The van der Waals surface area contributed by atoms with Crippen molar-refractivity contribution in [3.63, 3.8) is 0 Å². The van der Waals surface area contributed by atoms with E-state index in [4.69, 9.17) is 11.2 Å². The van der Waals surface area contributed by atoms with Crippen molar-refractivity contribution in [3.8, 4) is 12.3 Å². The summed E-state index contributed by atoms with van der Waals surface area (Å²) in [4.78, 5) is 2.37. The van der Waals surface area contributed by atoms with Crippen LogP contribution < -0.4 is 5.32 Å². The number of ether oxygens (including phenoxy) is 1. The van der Waals surface area contributed by atoms with Gasteiger partial charge in [-0.25, -0.2) is 8.78 Å². The normalized spacial score (nSPS) is 21.5. The fourth-order valence-corrected chi connectivity index (χ4v) is 4.26. The van der Waals surface area contributed by atoms with Crippen molar-refractivity contribution < 1.29 is 13.5 Å². The van der Waals surface area contributed by atoms with E-state index in [0.29, 0.717) is 18.6 Å². The summed E-state index contributed by atoms with van der Waals surface area (Å²) in [6, 6.07) is 13.6. The fourth-order valence-electron chi connectivity index (χ4n) is 4.26. The van der Waals surface area contributed by atoms with E-state index in [9.17, 15) is 8.78 Å². The highest BCUT2D eigenvalue weighted by Gasteiger charge is 2.38. The maximum atomic E-state index is 13.4. The Hall–Kier alpha value is -2.26. The smallest absolute Gasteiger partial charge is 0.159 e. The molecule has 0 amide bonds. The Morgan fingerprint density at radius 2 is 1.77 bits per heavy atom. The molecule has 1 aliphatic carbocycles. The number of benzene rings is 2. The van der Waals surface area contributed by atoms with Crippen molar-refractivity contribution in [2.75, 3.05) is 19.8 Å². The molecular formula is C25H28F2N2O. The maximum Gasteiger partial charge on any atom is 0.159 e. The average molecular weight is 411 g/mol. The number of terminal acetylenes is 1. The van der Waals surface area contributed by atoms with Gasteiger partial charge in [0.1, 0.15) is 0 Å². The molecule has 158 valence electrons. The molecule has 5 heteroatoms. The lowest BCUT2D eigenvalue weighted by atomic mass is 10.1. The van der Waals surface area contributed by atoms with Crippen molar-refractivity contribution in [1.29, 1.82) is 0 Å². The van der Waals surface area contributed by atoms with Gasteiger partial charge in [0, 0.05) is 44.3 Å². The van der Waals surface area contributed by atoms with Gasteiger partial charge >= 0.3 is 0 Å². The van der Waals surface area contributed by atoms with Gasteiger partial charge in [-0.05, 0) is 48.1 Å². The first-order valence-electron chi connectivity index (χ1n) is 10.7. The lowest BCUT2D eigenvalue weighted by molar-refractivity contribution is 0.0361. The molecule has 0 aromatic heterocycles. The summed E-state index contributed by atoms with van der Waals surface area (Å²) in [6.07, 6.45) is 8.60. The molecule has 1 saturated carbocycles. The number of hydrogen-bond acceptors (Lipinski definition) is 3. The van der Waals surface area contributed by atoms with Crippen molar-refractivity contribution in [3.05, 3.63) is 70.8 Å². The average Bonchev–Trinajstić information content (AvgIpc) is 3.55. The molecule has 0 unspecified atom stereocenters. The van der Waals surface area contributed by atoms with Gasteiger partial charge in [0.25, 0.3) is 0 Å². The largest absolute Gasteiger partial charge is 0.381 e. The zero-order chi connectivity index (χ0) is 20.9. The Balaban J connectivity index is 1.27. The minimum absolute atomic E-state index is 0.260. The second-order valence-corrected chi connectivity index (χ2v) is 8.27. The molecule has 0 radical (unpaired) electrons. The third kappa shape index (κ3) is 5.26. The Morgan fingerprint density at radius 1 is 1.03 bits per heavy atom. The molecule has 2 aromatic carbocycles. The highest BCUT2D eigenvalue weighted by atomic mass is 19.2. The third-order valence-corrected chi connectivity index (χ3v) is 6.14. The van der Waals surface area contributed by atoms with Gasteiger partial charge < -0.3 is 10.1 Å². The highest BCUT2D eigenvalue weighted by Crippen LogP contribution is 2.41. The van der Waals surface area contributed by atoms with Crippen LogP contribution in [0.25, 0.3) is 0 Å². The first-order chi connectivity index (χ1) is 14.6. The van der Waals surface area contributed by atoms with Crippen LogP contribution >= 0.6 is 0 Å². The molecule has 1 N–H and O–H groups in total. The van der Waals surface area contributed by atoms with Crippen LogP contribution in [0.2, 0.25) is 0 Å². The molecule has 0 bridgehead atoms. The summed E-state index contributed by atoms with van der Waals surface area (Å²) in [6.45, 7) is 3.88. The van der Waals surface area contributed by atoms with E-state index in [0.717, 1.165) is 51.1 Å². The van der Waals surface area contributed by atoms with E-state index in [2.05, 4.69) is 40.4 Å². The van der Waals surface area contributed by atoms with Crippen molar-refractivity contribution >= 4 is 0 Å². The molecular weight excluding hydrogens is 382 g/mol. The van der Waals surface area contributed by atoms with Gasteiger partial charge in [-0.1, -0.05) is 36.3 Å². The van der Waals surface area contributed by atoms with E-state index in [1.165, 1.54) is 23.3 Å². The van der Waals surface area contributed by atoms with Gasteiger partial charge in [0.15, 0.2) is 11.6 Å². The predicted molar refractivity (Wildman–Crippen MR) is 114 cm³/mol. The van der Waals surface area contributed by atoms with E-state index in [-0.39, 0.29) is 5.92 Å². The molecule has 2 aliphatic rings. The minimum Gasteiger partial charge on any atom is -0.381 e. The summed E-state index contributed by atoms with van der Waals surface area (Å²) < 4.78 is 32.0. The zero-order valence-corrected chi connectivity index (χ0v) is 17.1. The third-order valence-electron chi connectivity index (χ3n) is 6.14. The second kappa shape index (κ2) is 9.70. The predicted octanol–water partition coefficient (Wildman–Crippen LogP) is 4.22. The van der Waals surface area contributed by atoms with E-state index in [1.807, 2.05) is 0 Å². The summed E-state index contributed by atoms with van der Waals surface area (Å²) >= 11 is 0. The minimum atomic E-state index is -0.790. The maximum absolute atomic E-state index is 13.4. The van der Waals surface area contributed by atoms with E-state index < -0.39 is 11.6 Å². The van der Waals surface area contributed by atoms with Gasteiger partial charge in [-0.15, -0.1) is 6.42 Å². The van der Waals surface area contributed by atoms with Crippen LogP contribution in [0.4, 0.5) is 8.78 Å². The van der Waals surface area contributed by atoms with Gasteiger partial charge in [-0.2, -0.15) is 0 Å².